The second-order valence-corrected chi connectivity index (χ2v) is 8.17. The molecule has 5 rings (SSSR count). The molecule has 1 aliphatic heterocycles. The van der Waals surface area contributed by atoms with Crippen LogP contribution in [0, 0.1) is 0 Å². The summed E-state index contributed by atoms with van der Waals surface area (Å²) in [6.07, 6.45) is 2.99. The van der Waals surface area contributed by atoms with Gasteiger partial charge in [0.2, 0.25) is 5.91 Å². The lowest BCUT2D eigenvalue weighted by Gasteiger charge is -2.09. The van der Waals surface area contributed by atoms with E-state index >= 15 is 0 Å². The Balaban J connectivity index is 1.71. The fraction of sp³-hybridized carbons (Fsp3) is 0.174. The first-order chi connectivity index (χ1) is 14.6. The standard InChI is InChI=1S/C23H21N5OS/c1-3-15-8-4-6-10-19(15)28-21(24-23-25-22(29)14-30-23)12-18(26-28)17-13-27(2)20-11-7-5-9-16(17)20/h4-13H,3,14H2,1-2H3,(H,24,25,29). The summed E-state index contributed by atoms with van der Waals surface area (Å²) in [6.45, 7) is 2.13. The maximum atomic E-state index is 11.6. The van der Waals surface area contributed by atoms with Crippen LogP contribution in [-0.4, -0.2) is 31.2 Å². The third-order valence-corrected chi connectivity index (χ3v) is 6.14. The van der Waals surface area contributed by atoms with Crippen molar-refractivity contribution in [1.29, 1.82) is 0 Å². The summed E-state index contributed by atoms with van der Waals surface area (Å²) in [5.74, 6) is 1.07. The van der Waals surface area contributed by atoms with Crippen LogP contribution in [0.3, 0.4) is 0 Å². The highest BCUT2D eigenvalue weighted by Crippen LogP contribution is 2.34. The van der Waals surface area contributed by atoms with E-state index in [4.69, 9.17) is 10.1 Å². The number of amidine groups is 1. The van der Waals surface area contributed by atoms with E-state index in [0.29, 0.717) is 16.7 Å². The van der Waals surface area contributed by atoms with Gasteiger partial charge in [-0.15, -0.1) is 0 Å². The highest BCUT2D eigenvalue weighted by atomic mass is 32.2. The van der Waals surface area contributed by atoms with Gasteiger partial charge < -0.3 is 9.88 Å². The number of fused-ring (bicyclic) bond motifs is 1. The van der Waals surface area contributed by atoms with E-state index in [0.717, 1.165) is 34.3 Å². The van der Waals surface area contributed by atoms with Crippen LogP contribution in [0.25, 0.3) is 27.8 Å². The van der Waals surface area contributed by atoms with Crippen LogP contribution in [0.1, 0.15) is 12.5 Å². The number of nitrogens with one attached hydrogen (secondary N) is 1. The number of rotatable bonds is 4. The Morgan fingerprint density at radius 2 is 1.97 bits per heavy atom. The Labute approximate surface area is 178 Å². The number of para-hydroxylation sites is 2. The molecule has 0 saturated carbocycles. The van der Waals surface area contributed by atoms with Crippen molar-refractivity contribution in [3.63, 3.8) is 0 Å². The first-order valence-corrected chi connectivity index (χ1v) is 10.9. The lowest BCUT2D eigenvalue weighted by Crippen LogP contribution is -2.20. The molecule has 0 bridgehead atoms. The summed E-state index contributed by atoms with van der Waals surface area (Å²) in [5, 5.41) is 9.54. The molecule has 0 atom stereocenters. The van der Waals surface area contributed by atoms with Gasteiger partial charge in [-0.25, -0.2) is 9.67 Å². The van der Waals surface area contributed by atoms with Crippen molar-refractivity contribution in [3.8, 4) is 16.9 Å². The number of carbonyl (C=O) groups excluding carboxylic acids is 1. The minimum atomic E-state index is -0.0203. The summed E-state index contributed by atoms with van der Waals surface area (Å²) < 4.78 is 4.00. The Bertz CT molecular complexity index is 1300. The molecule has 0 spiro atoms. The van der Waals surface area contributed by atoms with Crippen molar-refractivity contribution in [2.75, 3.05) is 5.75 Å². The van der Waals surface area contributed by atoms with E-state index < -0.39 is 0 Å². The molecule has 150 valence electrons. The number of benzene rings is 2. The van der Waals surface area contributed by atoms with Crippen LogP contribution in [0.15, 0.2) is 65.8 Å². The highest BCUT2D eigenvalue weighted by Gasteiger charge is 2.20. The van der Waals surface area contributed by atoms with E-state index in [2.05, 4.69) is 47.3 Å². The zero-order valence-corrected chi connectivity index (χ0v) is 17.6. The first-order valence-electron chi connectivity index (χ1n) is 9.88. The summed E-state index contributed by atoms with van der Waals surface area (Å²) in [7, 11) is 2.04. The van der Waals surface area contributed by atoms with Crippen molar-refractivity contribution in [3.05, 3.63) is 66.4 Å². The topological polar surface area (TPSA) is 64.2 Å². The van der Waals surface area contributed by atoms with Crippen LogP contribution >= 0.6 is 11.8 Å². The summed E-state index contributed by atoms with van der Waals surface area (Å²) in [4.78, 5) is 16.4. The van der Waals surface area contributed by atoms with Gasteiger partial charge in [-0.3, -0.25) is 4.79 Å². The largest absolute Gasteiger partial charge is 0.350 e. The number of aryl methyl sites for hydroxylation is 2. The van der Waals surface area contributed by atoms with Gasteiger partial charge in [0.1, 0.15) is 0 Å². The third kappa shape index (κ3) is 3.21. The van der Waals surface area contributed by atoms with Gasteiger partial charge in [-0.05, 0) is 24.1 Å². The first kappa shape index (κ1) is 18.7. The molecule has 2 aromatic carbocycles. The average molecular weight is 416 g/mol. The van der Waals surface area contributed by atoms with Crippen LogP contribution in [-0.2, 0) is 18.3 Å². The fourth-order valence-corrected chi connectivity index (χ4v) is 4.50. The minimum Gasteiger partial charge on any atom is -0.350 e. The smallest absolute Gasteiger partial charge is 0.236 e. The average Bonchev–Trinajstić information content (AvgIpc) is 3.46. The van der Waals surface area contributed by atoms with E-state index in [9.17, 15) is 4.79 Å². The second-order valence-electron chi connectivity index (χ2n) is 7.21. The molecule has 6 nitrogen and oxygen atoms in total. The number of thioether (sulfide) groups is 1. The zero-order chi connectivity index (χ0) is 20.7. The molecule has 0 unspecified atom stereocenters. The van der Waals surface area contributed by atoms with Crippen molar-refractivity contribution in [2.24, 2.45) is 12.0 Å². The molecule has 1 amide bonds. The lowest BCUT2D eigenvalue weighted by atomic mass is 10.1. The molecule has 4 aromatic rings. The van der Waals surface area contributed by atoms with Gasteiger partial charge in [0.15, 0.2) is 11.0 Å². The zero-order valence-electron chi connectivity index (χ0n) is 16.8. The Kier molecular flexibility index (Phi) is 4.67. The Morgan fingerprint density at radius 3 is 2.77 bits per heavy atom. The molecule has 30 heavy (non-hydrogen) atoms. The maximum Gasteiger partial charge on any atom is 0.236 e. The number of hydrogen-bond acceptors (Lipinski definition) is 4. The Hall–Kier alpha value is -3.32. The van der Waals surface area contributed by atoms with Crippen molar-refractivity contribution >= 4 is 39.6 Å². The Morgan fingerprint density at radius 1 is 1.17 bits per heavy atom. The normalized spacial score (nSPS) is 15.3. The van der Waals surface area contributed by atoms with Gasteiger partial charge in [-0.1, -0.05) is 55.1 Å². The SMILES string of the molecule is CCc1ccccc1-n1nc(-c2cn(C)c3ccccc23)cc1/N=C1/NC(=O)CS1. The molecule has 1 fully saturated rings. The van der Waals surface area contributed by atoms with Crippen molar-refractivity contribution in [1.82, 2.24) is 19.7 Å². The second kappa shape index (κ2) is 7.50. The molecule has 0 radical (unpaired) electrons. The van der Waals surface area contributed by atoms with Gasteiger partial charge in [0.05, 0.1) is 17.1 Å². The van der Waals surface area contributed by atoms with Crippen LogP contribution in [0.4, 0.5) is 5.82 Å². The molecule has 2 aromatic heterocycles. The van der Waals surface area contributed by atoms with E-state index in [1.54, 1.807) is 0 Å². The molecule has 7 heteroatoms. The maximum absolute atomic E-state index is 11.6. The van der Waals surface area contributed by atoms with Crippen molar-refractivity contribution < 1.29 is 4.79 Å². The predicted molar refractivity (Wildman–Crippen MR) is 123 cm³/mol. The number of hydrogen-bond donors (Lipinski definition) is 1. The van der Waals surface area contributed by atoms with Gasteiger partial charge >= 0.3 is 0 Å². The number of amides is 1. The van der Waals surface area contributed by atoms with Crippen molar-refractivity contribution in [2.45, 2.75) is 13.3 Å². The number of aromatic nitrogens is 3. The van der Waals surface area contributed by atoms with Gasteiger partial charge in [-0.2, -0.15) is 5.10 Å². The summed E-state index contributed by atoms with van der Waals surface area (Å²) in [6, 6.07) is 18.5. The number of nitrogens with zero attached hydrogens (tertiary/aromatic N) is 4. The van der Waals surface area contributed by atoms with Gasteiger partial charge in [0.25, 0.3) is 0 Å². The van der Waals surface area contributed by atoms with E-state index in [1.165, 1.54) is 17.3 Å². The molecule has 1 N–H and O–H groups in total. The molecule has 1 saturated heterocycles. The highest BCUT2D eigenvalue weighted by molar-refractivity contribution is 8.15. The van der Waals surface area contributed by atoms with Gasteiger partial charge in [0, 0.05) is 35.8 Å². The summed E-state index contributed by atoms with van der Waals surface area (Å²) >= 11 is 1.42. The molecular formula is C23H21N5OS. The number of carbonyl (C=O) groups is 1. The van der Waals surface area contributed by atoms with E-state index in [-0.39, 0.29) is 5.91 Å². The quantitative estimate of drug-likeness (QED) is 0.536. The lowest BCUT2D eigenvalue weighted by molar-refractivity contribution is -0.116. The molecular weight excluding hydrogens is 394 g/mol. The molecule has 3 heterocycles. The summed E-state index contributed by atoms with van der Waals surface area (Å²) in [5.41, 5.74) is 5.26. The molecule has 0 aliphatic carbocycles. The number of aliphatic imine (C=N–C) groups is 1. The van der Waals surface area contributed by atoms with E-state index in [1.807, 2.05) is 42.1 Å². The van der Waals surface area contributed by atoms with Crippen LogP contribution < -0.4 is 5.32 Å². The third-order valence-electron chi connectivity index (χ3n) is 5.27. The molecule has 1 aliphatic rings. The minimum absolute atomic E-state index is 0.0203. The predicted octanol–water partition coefficient (Wildman–Crippen LogP) is 4.44. The van der Waals surface area contributed by atoms with Crippen LogP contribution in [0.2, 0.25) is 0 Å². The van der Waals surface area contributed by atoms with Crippen LogP contribution in [0.5, 0.6) is 0 Å². The monoisotopic (exact) mass is 415 g/mol. The fourth-order valence-electron chi connectivity index (χ4n) is 3.81.